The first-order valence-electron chi connectivity index (χ1n) is 21.0. The smallest absolute Gasteiger partial charge is 0.0623 e. The van der Waals surface area contributed by atoms with Gasteiger partial charge in [0.2, 0.25) is 0 Å². The van der Waals surface area contributed by atoms with Crippen LogP contribution in [0.4, 0.5) is 0 Å². The average molecular weight is 1060 g/mol. The van der Waals surface area contributed by atoms with E-state index in [0.717, 1.165) is 25.7 Å². The van der Waals surface area contributed by atoms with Gasteiger partial charge in [-0.05, 0) is 0 Å². The Hall–Kier alpha value is -3.98. The molecule has 0 saturated carbocycles. The summed E-state index contributed by atoms with van der Waals surface area (Å²) in [5.74, 6) is 0. The van der Waals surface area contributed by atoms with Crippen molar-refractivity contribution in [1.82, 2.24) is 0 Å². The summed E-state index contributed by atoms with van der Waals surface area (Å²) in [5, 5.41) is 3.11. The van der Waals surface area contributed by atoms with Crippen LogP contribution in [-0.4, -0.2) is 10.9 Å². The minimum absolute atomic E-state index is 0. The Morgan fingerprint density at radius 2 is 0.500 bits per heavy atom. The van der Waals surface area contributed by atoms with Crippen LogP contribution >= 0.6 is 0 Å². The van der Waals surface area contributed by atoms with E-state index in [1.54, 1.807) is 57.0 Å². The topological polar surface area (TPSA) is 0 Å². The van der Waals surface area contributed by atoms with Gasteiger partial charge < -0.3 is 24.8 Å². The number of hydrogen-bond acceptors (Lipinski definition) is 0. The Balaban J connectivity index is 0.000000203. The molecular weight excluding hydrogens is 1010 g/mol. The third-order valence-corrected chi connectivity index (χ3v) is 16.3. The maximum Gasteiger partial charge on any atom is -0.0623 e. The fourth-order valence-electron chi connectivity index (χ4n) is 6.29. The number of rotatable bonds is 6. The van der Waals surface area contributed by atoms with Gasteiger partial charge in [-0.15, -0.1) is 47.9 Å². The zero-order valence-corrected chi connectivity index (χ0v) is 45.0. The molecule has 0 aromatic heterocycles. The van der Waals surface area contributed by atoms with Crippen molar-refractivity contribution in [3.63, 3.8) is 0 Å². The Labute approximate surface area is 426 Å². The van der Waals surface area contributed by atoms with E-state index in [4.69, 9.17) is 0 Å². The number of allylic oxidation sites excluding steroid dienone is 16. The summed E-state index contributed by atoms with van der Waals surface area (Å²) in [5.41, 5.74) is 10.1. The second-order valence-electron chi connectivity index (χ2n) is 14.3. The normalized spacial score (nSPS) is 13.0. The second-order valence-corrected chi connectivity index (χ2v) is 29.0. The van der Waals surface area contributed by atoms with Gasteiger partial charge in [-0.25, -0.2) is 24.3 Å². The van der Waals surface area contributed by atoms with Crippen LogP contribution < -0.4 is 35.2 Å². The van der Waals surface area contributed by atoms with E-state index in [1.807, 2.05) is 24.3 Å². The summed E-state index contributed by atoms with van der Waals surface area (Å²) in [7, 11) is 0. The summed E-state index contributed by atoms with van der Waals surface area (Å²) in [6, 6.07) is 63.1. The molecule has 4 aliphatic rings. The summed E-state index contributed by atoms with van der Waals surface area (Å²) in [6.07, 6.45) is 33.4. The minimum Gasteiger partial charge on any atom is -1.00 e. The predicted molar refractivity (Wildman–Crippen MR) is 263 cm³/mol. The van der Waals surface area contributed by atoms with Crippen LogP contribution in [0.1, 0.15) is 47.9 Å². The molecule has 0 atom stereocenters. The maximum absolute atomic E-state index is 3.15. The van der Waals surface area contributed by atoms with Crippen molar-refractivity contribution >= 4 is 43.5 Å². The van der Waals surface area contributed by atoms with Crippen LogP contribution in [0.25, 0.3) is 22.3 Å². The van der Waals surface area contributed by atoms with E-state index in [-0.39, 0.29) is 35.7 Å². The molecule has 6 heteroatoms. The molecule has 0 radical (unpaired) electrons. The Kier molecular flexibility index (Phi) is 27.7. The molecule has 0 fully saturated rings. The molecular formula is C58H52Cl2Si2Zr2-2. The van der Waals surface area contributed by atoms with E-state index < -0.39 is 0 Å². The number of benzene rings is 6. The van der Waals surface area contributed by atoms with Gasteiger partial charge in [-0.3, -0.25) is 24.3 Å². The van der Waals surface area contributed by atoms with Crippen LogP contribution in [0.3, 0.4) is 0 Å². The molecule has 0 aliphatic heterocycles. The van der Waals surface area contributed by atoms with Crippen molar-refractivity contribution in [2.24, 2.45) is 0 Å². The molecule has 0 amide bonds. The number of halogens is 2. The zero-order chi connectivity index (χ0) is 43.5. The van der Waals surface area contributed by atoms with E-state index in [9.17, 15) is 0 Å². The Morgan fingerprint density at radius 3 is 0.641 bits per heavy atom. The van der Waals surface area contributed by atoms with Crippen molar-refractivity contribution in [3.8, 4) is 0 Å². The number of hydrogen-bond donors (Lipinski definition) is 0. The first-order valence-corrected chi connectivity index (χ1v) is 32.3. The monoisotopic (exact) mass is 1050 g/mol. The van der Waals surface area contributed by atoms with Crippen molar-refractivity contribution in [2.45, 2.75) is 38.8 Å². The Bertz CT molecular complexity index is 2210. The summed E-state index contributed by atoms with van der Waals surface area (Å²) in [4.78, 5) is 0. The van der Waals surface area contributed by atoms with Gasteiger partial charge in [0, 0.05) is 0 Å². The van der Waals surface area contributed by atoms with Gasteiger partial charge in [-0.1, -0.05) is 121 Å². The molecule has 6 aromatic rings. The molecule has 64 heavy (non-hydrogen) atoms. The summed E-state index contributed by atoms with van der Waals surface area (Å²) < 4.78 is 0. The molecule has 0 saturated heterocycles. The molecule has 0 spiro atoms. The molecule has 0 bridgehead atoms. The van der Waals surface area contributed by atoms with Gasteiger partial charge in [0.1, 0.15) is 0 Å². The quantitative estimate of drug-likeness (QED) is 0.120. The second kappa shape index (κ2) is 32.6. The zero-order valence-electron chi connectivity index (χ0n) is 36.5. The van der Waals surface area contributed by atoms with Crippen LogP contribution in [0.15, 0.2) is 231 Å². The third-order valence-electron chi connectivity index (χ3n) is 9.63. The van der Waals surface area contributed by atoms with Crippen LogP contribution in [-0.2, 0) is 46.7 Å². The van der Waals surface area contributed by atoms with Crippen LogP contribution in [0, 0.1) is 24.3 Å². The van der Waals surface area contributed by atoms with Crippen molar-refractivity contribution < 1.29 is 71.5 Å². The summed E-state index contributed by atoms with van der Waals surface area (Å²) >= 11 is 3.38. The van der Waals surface area contributed by atoms with Crippen molar-refractivity contribution in [2.75, 3.05) is 0 Å². The molecule has 4 aliphatic carbocycles. The van der Waals surface area contributed by atoms with Crippen molar-refractivity contribution in [1.29, 1.82) is 0 Å². The van der Waals surface area contributed by atoms with Gasteiger partial charge in [0.25, 0.3) is 0 Å². The van der Waals surface area contributed by atoms with Crippen LogP contribution in [0.2, 0.25) is 13.1 Å². The van der Waals surface area contributed by atoms with Gasteiger partial charge in [0.05, 0.1) is 0 Å². The SMILES string of the molecule is C[Si](=[Zr+2])c1ccccc1.C[Si](=[Zr+2])c1ccccc1.[C-]1=CC(c2ccccc2)=CC1.[C-]1=CC(c2ccccc2)=CC1.[C-]1=CC(c2ccccc2)=CC1.[C-]1=CC(c2ccccc2)=CC1.[Cl-].[Cl-]. The Morgan fingerprint density at radius 1 is 0.312 bits per heavy atom. The summed E-state index contributed by atoms with van der Waals surface area (Å²) in [6.45, 7) is 4.69. The first-order chi connectivity index (χ1) is 30.5. The molecule has 0 N–H and O–H groups in total. The molecule has 0 nitrogen and oxygen atoms in total. The van der Waals surface area contributed by atoms with E-state index >= 15 is 0 Å². The first kappa shape index (κ1) is 54.4. The van der Waals surface area contributed by atoms with Gasteiger partial charge in [-0.2, -0.15) is 46.6 Å². The predicted octanol–water partition coefficient (Wildman–Crippen LogP) is 7.46. The molecule has 316 valence electrons. The molecule has 0 unspecified atom stereocenters. The standard InChI is InChI=1S/4C11H9.2C7H8Si.2ClH.2Zr/c4*1-2-6-10(7-3-1)11-8-4-5-9-11;2*1-8-7-5-3-2-4-6-7;;;;/h4*1-3,6-9H,4H2;2*2-6H,1H3;2*1H;;/q4*-1;;;;;2*+2/p-2. The fraction of sp³-hybridized carbons (Fsp3) is 0.103. The van der Waals surface area contributed by atoms with E-state index in [0.29, 0.717) is 0 Å². The molecule has 10 rings (SSSR count). The minimum atomic E-state index is -0.122. The van der Waals surface area contributed by atoms with Crippen LogP contribution in [0.5, 0.6) is 0 Å². The van der Waals surface area contributed by atoms with E-state index in [2.05, 4.69) is 244 Å². The van der Waals surface area contributed by atoms with Gasteiger partial charge >= 0.3 is 142 Å². The third kappa shape index (κ3) is 20.5. The largest absolute Gasteiger partial charge is 1.00 e. The average Bonchev–Trinajstić information content (AvgIpc) is 4.22. The molecule has 6 aromatic carbocycles. The van der Waals surface area contributed by atoms with Crippen molar-refractivity contribution in [3.05, 3.63) is 277 Å². The molecule has 0 heterocycles. The van der Waals surface area contributed by atoms with E-state index in [1.165, 1.54) is 44.5 Å². The van der Waals surface area contributed by atoms with Gasteiger partial charge in [0.15, 0.2) is 0 Å². The maximum atomic E-state index is 3.15. The fourth-order valence-corrected chi connectivity index (χ4v) is 10.1.